The maximum absolute atomic E-state index is 11.9. The molecule has 166 valence electrons. The molecule has 5 nitrogen and oxygen atoms in total. The number of piperazine rings is 1. The summed E-state index contributed by atoms with van der Waals surface area (Å²) in [5.74, 6) is -0.214. The molecule has 5 rings (SSSR count). The van der Waals surface area contributed by atoms with Gasteiger partial charge in [0.05, 0.1) is 17.1 Å². The van der Waals surface area contributed by atoms with Gasteiger partial charge in [-0.2, -0.15) is 0 Å². The van der Waals surface area contributed by atoms with E-state index < -0.39 is 5.97 Å². The van der Waals surface area contributed by atoms with Crippen LogP contribution in [-0.2, 0) is 0 Å². The van der Waals surface area contributed by atoms with Crippen LogP contribution in [0.5, 0.6) is 0 Å². The van der Waals surface area contributed by atoms with Crippen molar-refractivity contribution in [3.8, 4) is 0 Å². The van der Waals surface area contributed by atoms with Crippen LogP contribution in [0.4, 0.5) is 5.82 Å². The highest BCUT2D eigenvalue weighted by Gasteiger charge is 2.27. The molecule has 1 unspecified atom stereocenters. The first-order valence-corrected chi connectivity index (χ1v) is 11.4. The molecule has 0 saturated carbocycles. The Labute approximate surface area is 197 Å². The van der Waals surface area contributed by atoms with Crippen molar-refractivity contribution in [1.29, 1.82) is 0 Å². The number of aromatic nitrogens is 1. The SMILES string of the molecule is O=C(O)c1cc(N2CCN(C(c3ccccc3)c3ccc(Cl)cc3)CC2)nc2ccccc12. The minimum atomic E-state index is -0.930. The fraction of sp³-hybridized carbons (Fsp3) is 0.185. The summed E-state index contributed by atoms with van der Waals surface area (Å²) < 4.78 is 0. The summed E-state index contributed by atoms with van der Waals surface area (Å²) in [5, 5.41) is 11.1. The van der Waals surface area contributed by atoms with Crippen molar-refractivity contribution >= 4 is 34.3 Å². The van der Waals surface area contributed by atoms with Crippen molar-refractivity contribution < 1.29 is 9.90 Å². The Morgan fingerprint density at radius 1 is 0.848 bits per heavy atom. The smallest absolute Gasteiger partial charge is 0.336 e. The van der Waals surface area contributed by atoms with E-state index in [1.807, 2.05) is 42.5 Å². The molecule has 0 amide bonds. The summed E-state index contributed by atoms with van der Waals surface area (Å²) in [6, 6.07) is 27.8. The molecule has 33 heavy (non-hydrogen) atoms. The Balaban J connectivity index is 1.41. The van der Waals surface area contributed by atoms with Crippen LogP contribution in [0.1, 0.15) is 27.5 Å². The molecule has 1 fully saturated rings. The van der Waals surface area contributed by atoms with E-state index in [9.17, 15) is 9.90 Å². The molecular weight excluding hydrogens is 434 g/mol. The van der Waals surface area contributed by atoms with Gasteiger partial charge in [-0.05, 0) is 35.4 Å². The maximum atomic E-state index is 11.9. The zero-order chi connectivity index (χ0) is 22.8. The van der Waals surface area contributed by atoms with Crippen molar-refractivity contribution in [2.24, 2.45) is 0 Å². The number of hydrogen-bond acceptors (Lipinski definition) is 4. The first-order chi connectivity index (χ1) is 16.1. The van der Waals surface area contributed by atoms with Crippen LogP contribution in [0, 0.1) is 0 Å². The Bertz CT molecular complexity index is 1270. The van der Waals surface area contributed by atoms with Crippen molar-refractivity contribution in [3.63, 3.8) is 0 Å². The Kier molecular flexibility index (Phi) is 5.99. The Hall–Kier alpha value is -3.41. The predicted octanol–water partition coefficient (Wildman–Crippen LogP) is 5.50. The summed E-state index contributed by atoms with van der Waals surface area (Å²) in [6.45, 7) is 3.20. The molecule has 2 heterocycles. The normalized spacial score (nSPS) is 15.5. The van der Waals surface area contributed by atoms with Gasteiger partial charge in [-0.25, -0.2) is 9.78 Å². The lowest BCUT2D eigenvalue weighted by molar-refractivity contribution is 0.0699. The number of hydrogen-bond donors (Lipinski definition) is 1. The van der Waals surface area contributed by atoms with E-state index in [4.69, 9.17) is 16.6 Å². The minimum absolute atomic E-state index is 0.129. The third-order valence-corrected chi connectivity index (χ3v) is 6.49. The van der Waals surface area contributed by atoms with Gasteiger partial charge in [0.25, 0.3) is 0 Å². The van der Waals surface area contributed by atoms with Crippen LogP contribution >= 0.6 is 11.6 Å². The molecule has 6 heteroatoms. The second-order valence-corrected chi connectivity index (χ2v) is 8.67. The van der Waals surface area contributed by atoms with Crippen LogP contribution in [0.25, 0.3) is 10.9 Å². The van der Waals surface area contributed by atoms with Gasteiger partial charge in [0.15, 0.2) is 0 Å². The largest absolute Gasteiger partial charge is 0.478 e. The molecule has 1 aliphatic heterocycles. The first kappa shape index (κ1) is 21.4. The second-order valence-electron chi connectivity index (χ2n) is 8.24. The molecule has 3 aromatic carbocycles. The number of nitrogens with zero attached hydrogens (tertiary/aromatic N) is 3. The van der Waals surface area contributed by atoms with Gasteiger partial charge in [0, 0.05) is 36.6 Å². The van der Waals surface area contributed by atoms with Crippen molar-refractivity contribution in [2.75, 3.05) is 31.1 Å². The van der Waals surface area contributed by atoms with Gasteiger partial charge in [-0.3, -0.25) is 4.90 Å². The lowest BCUT2D eigenvalue weighted by Gasteiger charge is -2.40. The Morgan fingerprint density at radius 3 is 2.18 bits per heavy atom. The van der Waals surface area contributed by atoms with Gasteiger partial charge in [-0.15, -0.1) is 0 Å². The van der Waals surface area contributed by atoms with Gasteiger partial charge >= 0.3 is 5.97 Å². The maximum Gasteiger partial charge on any atom is 0.336 e. The van der Waals surface area contributed by atoms with Crippen LogP contribution in [0.2, 0.25) is 5.02 Å². The predicted molar refractivity (Wildman–Crippen MR) is 132 cm³/mol. The molecule has 0 bridgehead atoms. The van der Waals surface area contributed by atoms with E-state index in [2.05, 4.69) is 46.2 Å². The number of fused-ring (bicyclic) bond motifs is 1. The standard InChI is InChI=1S/C27H24ClN3O2/c28-21-12-10-20(11-13-21)26(19-6-2-1-3-7-19)31-16-14-30(15-17-31)25-18-23(27(32)33)22-8-4-5-9-24(22)29-25/h1-13,18,26H,14-17H2,(H,32,33). The molecule has 1 atom stereocenters. The van der Waals surface area contributed by atoms with Crippen molar-refractivity contribution in [2.45, 2.75) is 6.04 Å². The van der Waals surface area contributed by atoms with Gasteiger partial charge in [0.1, 0.15) is 5.82 Å². The fourth-order valence-corrected chi connectivity index (χ4v) is 4.73. The van der Waals surface area contributed by atoms with Crippen LogP contribution < -0.4 is 4.90 Å². The lowest BCUT2D eigenvalue weighted by Crippen LogP contribution is -2.48. The minimum Gasteiger partial charge on any atom is -0.478 e. The van der Waals surface area contributed by atoms with Gasteiger partial charge in [0.2, 0.25) is 0 Å². The van der Waals surface area contributed by atoms with E-state index in [0.29, 0.717) is 22.3 Å². The number of anilines is 1. The number of pyridine rings is 1. The molecule has 1 saturated heterocycles. The van der Waals surface area contributed by atoms with Crippen molar-refractivity contribution in [3.05, 3.63) is 107 Å². The number of aromatic carboxylic acids is 1. The summed E-state index contributed by atoms with van der Waals surface area (Å²) in [4.78, 5) is 21.3. The number of benzene rings is 3. The highest BCUT2D eigenvalue weighted by molar-refractivity contribution is 6.30. The number of carboxylic acid groups (broad SMARTS) is 1. The van der Waals surface area contributed by atoms with Crippen molar-refractivity contribution in [1.82, 2.24) is 9.88 Å². The molecule has 1 N–H and O–H groups in total. The first-order valence-electron chi connectivity index (χ1n) is 11.0. The number of carboxylic acids is 1. The molecule has 1 aliphatic rings. The average molecular weight is 458 g/mol. The topological polar surface area (TPSA) is 56.7 Å². The monoisotopic (exact) mass is 457 g/mol. The molecular formula is C27H24ClN3O2. The van der Waals surface area contributed by atoms with Crippen LogP contribution in [0.3, 0.4) is 0 Å². The van der Waals surface area contributed by atoms with E-state index in [1.165, 1.54) is 11.1 Å². The third-order valence-electron chi connectivity index (χ3n) is 6.24. The summed E-state index contributed by atoms with van der Waals surface area (Å²) in [7, 11) is 0. The molecule has 0 aliphatic carbocycles. The molecule has 4 aromatic rings. The molecule has 0 radical (unpaired) electrons. The number of halogens is 1. The molecule has 1 aromatic heterocycles. The third kappa shape index (κ3) is 4.42. The zero-order valence-electron chi connectivity index (χ0n) is 18.1. The fourth-order valence-electron chi connectivity index (χ4n) is 4.60. The Morgan fingerprint density at radius 2 is 1.48 bits per heavy atom. The highest BCUT2D eigenvalue weighted by Crippen LogP contribution is 2.31. The number of para-hydroxylation sites is 1. The van der Waals surface area contributed by atoms with E-state index in [0.717, 1.165) is 31.2 Å². The van der Waals surface area contributed by atoms with Gasteiger partial charge < -0.3 is 10.0 Å². The number of carbonyl (C=O) groups is 1. The van der Waals surface area contributed by atoms with E-state index >= 15 is 0 Å². The summed E-state index contributed by atoms with van der Waals surface area (Å²) >= 11 is 6.14. The molecule has 0 spiro atoms. The quantitative estimate of drug-likeness (QED) is 0.429. The lowest BCUT2D eigenvalue weighted by atomic mass is 9.96. The van der Waals surface area contributed by atoms with E-state index in [-0.39, 0.29) is 6.04 Å². The van der Waals surface area contributed by atoms with E-state index in [1.54, 1.807) is 6.07 Å². The second kappa shape index (κ2) is 9.22. The summed E-state index contributed by atoms with van der Waals surface area (Å²) in [6.07, 6.45) is 0. The van der Waals surface area contributed by atoms with Crippen LogP contribution in [-0.4, -0.2) is 47.1 Å². The average Bonchev–Trinajstić information content (AvgIpc) is 2.86. The van der Waals surface area contributed by atoms with Crippen LogP contribution in [0.15, 0.2) is 84.9 Å². The summed E-state index contributed by atoms with van der Waals surface area (Å²) in [5.41, 5.74) is 3.45. The zero-order valence-corrected chi connectivity index (χ0v) is 18.8. The highest BCUT2D eigenvalue weighted by atomic mass is 35.5. The number of rotatable bonds is 5. The van der Waals surface area contributed by atoms with Gasteiger partial charge in [-0.1, -0.05) is 72.3 Å².